The number of nitrogens with one attached hydrogen (secondary N) is 1. The molecule has 4 nitrogen and oxygen atoms in total. The average molecular weight is 174 g/mol. The van der Waals surface area contributed by atoms with Crippen molar-refractivity contribution >= 4 is 17.2 Å². The highest BCUT2D eigenvalue weighted by Gasteiger charge is 2.12. The van der Waals surface area contributed by atoms with Crippen LogP contribution >= 0.6 is 0 Å². The molecule has 2 heterocycles. The highest BCUT2D eigenvalue weighted by Crippen LogP contribution is 2.25. The van der Waals surface area contributed by atoms with Gasteiger partial charge < -0.3 is 9.72 Å². The summed E-state index contributed by atoms with van der Waals surface area (Å²) < 4.78 is 6.78. The molecule has 1 N–H and O–H groups in total. The molecule has 0 saturated heterocycles. The maximum absolute atomic E-state index is 11.4. The molecule has 0 atom stereocenters. The summed E-state index contributed by atoms with van der Waals surface area (Å²) in [7, 11) is 0. The van der Waals surface area contributed by atoms with Crippen LogP contribution in [0, 0.1) is 0 Å². The summed E-state index contributed by atoms with van der Waals surface area (Å²) in [5.41, 5.74) is 1.46. The van der Waals surface area contributed by atoms with E-state index in [9.17, 15) is 4.79 Å². The Hall–Kier alpha value is -1.97. The van der Waals surface area contributed by atoms with Crippen LogP contribution in [0.25, 0.3) is 17.2 Å². The highest BCUT2D eigenvalue weighted by atomic mass is 16.5. The average Bonchev–Trinajstić information content (AvgIpc) is 2.47. The summed E-state index contributed by atoms with van der Waals surface area (Å²) in [6.07, 6.45) is 3.10. The van der Waals surface area contributed by atoms with Gasteiger partial charge in [-0.1, -0.05) is 6.07 Å². The van der Waals surface area contributed by atoms with E-state index in [1.54, 1.807) is 6.20 Å². The smallest absolute Gasteiger partial charge is 0.330 e. The fraction of sp³-hybridized carbons (Fsp3) is 0. The van der Waals surface area contributed by atoms with Gasteiger partial charge in [-0.2, -0.15) is 0 Å². The lowest BCUT2D eigenvalue weighted by Crippen LogP contribution is -2.13. The molecule has 0 unspecified atom stereocenters. The lowest BCUT2D eigenvalue weighted by atomic mass is 10.3. The van der Waals surface area contributed by atoms with Gasteiger partial charge in [0.05, 0.1) is 5.52 Å². The molecule has 0 radical (unpaired) electrons. The van der Waals surface area contributed by atoms with Crippen molar-refractivity contribution in [2.75, 3.05) is 0 Å². The van der Waals surface area contributed by atoms with Crippen molar-refractivity contribution in [1.29, 1.82) is 0 Å². The fourth-order valence-electron chi connectivity index (χ4n) is 1.55. The Morgan fingerprint density at radius 2 is 2.31 bits per heavy atom. The first-order chi connectivity index (χ1) is 6.36. The van der Waals surface area contributed by atoms with E-state index in [1.807, 2.05) is 18.2 Å². The minimum atomic E-state index is -0.137. The van der Waals surface area contributed by atoms with Gasteiger partial charge in [0.2, 0.25) is 0 Å². The first kappa shape index (κ1) is 6.54. The molecule has 1 aliphatic rings. The highest BCUT2D eigenvalue weighted by molar-refractivity contribution is 5.84. The Kier molecular flexibility index (Phi) is 1.02. The number of ether oxygens (including phenoxy) is 1. The van der Waals surface area contributed by atoms with Crippen LogP contribution in [0.15, 0.2) is 29.3 Å². The second-order valence-corrected chi connectivity index (χ2v) is 2.86. The van der Waals surface area contributed by atoms with Crippen LogP contribution in [0.5, 0.6) is 5.75 Å². The summed E-state index contributed by atoms with van der Waals surface area (Å²) >= 11 is 0. The topological polar surface area (TPSA) is 47.0 Å². The Bertz CT molecular complexity index is 562. The molecule has 0 amide bonds. The lowest BCUT2D eigenvalue weighted by Gasteiger charge is -2.07. The van der Waals surface area contributed by atoms with Gasteiger partial charge in [0.1, 0.15) is 11.8 Å². The third-order valence-electron chi connectivity index (χ3n) is 2.11. The summed E-state index contributed by atoms with van der Waals surface area (Å²) in [5.74, 6) is 0.707. The van der Waals surface area contributed by atoms with E-state index in [0.29, 0.717) is 5.75 Å². The SMILES string of the molecule is O=c1[nH]c2cccc3c2n1C=CO3. The second-order valence-electron chi connectivity index (χ2n) is 2.86. The molecule has 1 aromatic heterocycles. The normalized spacial score (nSPS) is 13.2. The number of benzene rings is 1. The van der Waals surface area contributed by atoms with E-state index >= 15 is 0 Å². The molecule has 1 aliphatic heterocycles. The van der Waals surface area contributed by atoms with E-state index in [0.717, 1.165) is 11.0 Å². The van der Waals surface area contributed by atoms with Crippen molar-refractivity contribution in [3.63, 3.8) is 0 Å². The number of rotatable bonds is 0. The van der Waals surface area contributed by atoms with E-state index in [2.05, 4.69) is 4.98 Å². The fourth-order valence-corrected chi connectivity index (χ4v) is 1.55. The van der Waals surface area contributed by atoms with Crippen molar-refractivity contribution in [1.82, 2.24) is 9.55 Å². The van der Waals surface area contributed by atoms with Crippen LogP contribution in [0.4, 0.5) is 0 Å². The quantitative estimate of drug-likeness (QED) is 0.651. The van der Waals surface area contributed by atoms with Crippen molar-refractivity contribution in [2.24, 2.45) is 0 Å². The Balaban J connectivity index is 2.65. The zero-order valence-corrected chi connectivity index (χ0v) is 6.65. The van der Waals surface area contributed by atoms with Gasteiger partial charge in [-0.25, -0.2) is 4.79 Å². The molecule has 13 heavy (non-hydrogen) atoms. The summed E-state index contributed by atoms with van der Waals surface area (Å²) in [4.78, 5) is 14.1. The zero-order valence-electron chi connectivity index (χ0n) is 6.65. The van der Waals surface area contributed by atoms with Gasteiger partial charge in [0.25, 0.3) is 0 Å². The second kappa shape index (κ2) is 2.04. The van der Waals surface area contributed by atoms with Crippen molar-refractivity contribution < 1.29 is 4.74 Å². The summed E-state index contributed by atoms with van der Waals surface area (Å²) in [6.45, 7) is 0. The summed E-state index contributed by atoms with van der Waals surface area (Å²) in [6, 6.07) is 5.52. The minimum Gasteiger partial charge on any atom is -0.461 e. The van der Waals surface area contributed by atoms with Crippen molar-refractivity contribution in [3.05, 3.63) is 34.9 Å². The standard InChI is InChI=1S/C9H6N2O2/c12-9-10-6-2-1-3-7-8(6)11(9)4-5-13-7/h1-5H,(H,10,12). The van der Waals surface area contributed by atoms with E-state index in [4.69, 9.17) is 4.74 Å². The van der Waals surface area contributed by atoms with E-state index in [1.165, 1.54) is 10.8 Å². The molecule has 0 fully saturated rings. The van der Waals surface area contributed by atoms with Crippen LogP contribution in [0.1, 0.15) is 0 Å². The first-order valence-electron chi connectivity index (χ1n) is 3.93. The molecule has 2 aromatic rings. The Morgan fingerprint density at radius 1 is 1.38 bits per heavy atom. The molecular formula is C9H6N2O2. The van der Waals surface area contributed by atoms with E-state index < -0.39 is 0 Å². The number of imidazole rings is 1. The van der Waals surface area contributed by atoms with Gasteiger partial charge in [-0.3, -0.25) is 4.57 Å². The van der Waals surface area contributed by atoms with E-state index in [-0.39, 0.29) is 5.69 Å². The van der Waals surface area contributed by atoms with Gasteiger partial charge in [-0.15, -0.1) is 0 Å². The molecule has 3 rings (SSSR count). The van der Waals surface area contributed by atoms with Crippen LogP contribution < -0.4 is 10.4 Å². The maximum Gasteiger partial charge on any atom is 0.330 e. The molecule has 1 aromatic carbocycles. The van der Waals surface area contributed by atoms with Gasteiger partial charge >= 0.3 is 5.69 Å². The third kappa shape index (κ3) is 0.717. The zero-order chi connectivity index (χ0) is 8.84. The number of H-pyrrole nitrogens is 1. The van der Waals surface area contributed by atoms with Crippen molar-refractivity contribution in [3.8, 4) is 5.75 Å². The molecule has 0 aliphatic carbocycles. The number of hydrogen-bond acceptors (Lipinski definition) is 2. The number of aromatic nitrogens is 2. The predicted molar refractivity (Wildman–Crippen MR) is 48.5 cm³/mol. The lowest BCUT2D eigenvalue weighted by molar-refractivity contribution is 0.481. The largest absolute Gasteiger partial charge is 0.461 e. The minimum absolute atomic E-state index is 0.137. The van der Waals surface area contributed by atoms with Crippen LogP contribution in [-0.2, 0) is 0 Å². The number of aromatic amines is 1. The number of hydrogen-bond donors (Lipinski definition) is 1. The van der Waals surface area contributed by atoms with Crippen LogP contribution in [-0.4, -0.2) is 9.55 Å². The van der Waals surface area contributed by atoms with Crippen LogP contribution in [0.2, 0.25) is 0 Å². The summed E-state index contributed by atoms with van der Waals surface area (Å²) in [5, 5.41) is 0. The Morgan fingerprint density at radius 3 is 3.23 bits per heavy atom. The van der Waals surface area contributed by atoms with Crippen LogP contribution in [0.3, 0.4) is 0 Å². The van der Waals surface area contributed by atoms with Gasteiger partial charge in [-0.05, 0) is 12.1 Å². The monoisotopic (exact) mass is 174 g/mol. The predicted octanol–water partition coefficient (Wildman–Crippen LogP) is 1.15. The molecule has 0 saturated carbocycles. The maximum atomic E-state index is 11.4. The Labute approximate surface area is 73.1 Å². The molecular weight excluding hydrogens is 168 g/mol. The number of nitrogens with zero attached hydrogens (tertiary/aromatic N) is 1. The van der Waals surface area contributed by atoms with Gasteiger partial charge in [0, 0.05) is 6.20 Å². The van der Waals surface area contributed by atoms with Crippen molar-refractivity contribution in [2.45, 2.75) is 0 Å². The first-order valence-corrected chi connectivity index (χ1v) is 3.93. The third-order valence-corrected chi connectivity index (χ3v) is 2.11. The molecule has 0 bridgehead atoms. The molecule has 0 spiro atoms. The number of para-hydroxylation sites is 1. The molecule has 4 heteroatoms. The molecule has 64 valence electrons. The van der Waals surface area contributed by atoms with Gasteiger partial charge in [0.15, 0.2) is 5.75 Å².